The number of hydrogen-bond donors (Lipinski definition) is 1. The molecule has 2 aromatic carbocycles. The SMILES string of the molecule is [77Br]c1ccccc1O[C@H](c1ccccc1)[C@H]1CNCCO1. The molecule has 3 nitrogen and oxygen atoms in total. The molecule has 3 rings (SSSR count). The third kappa shape index (κ3) is 3.64. The number of benzene rings is 2. The van der Waals surface area contributed by atoms with E-state index in [1.54, 1.807) is 0 Å². The minimum Gasteiger partial charge on any atom is -0.482 e. The van der Waals surface area contributed by atoms with Crippen molar-refractivity contribution in [2.45, 2.75) is 12.2 Å². The molecule has 0 aromatic heterocycles. The lowest BCUT2D eigenvalue weighted by atomic mass is 10.0. The van der Waals surface area contributed by atoms with Gasteiger partial charge in [-0.3, -0.25) is 0 Å². The van der Waals surface area contributed by atoms with Crippen molar-refractivity contribution in [1.82, 2.24) is 5.32 Å². The molecule has 0 saturated carbocycles. The monoisotopic (exact) mass is 345 g/mol. The van der Waals surface area contributed by atoms with Crippen LogP contribution in [0.25, 0.3) is 0 Å². The quantitative estimate of drug-likeness (QED) is 0.919. The highest BCUT2D eigenvalue weighted by atomic mass is 76.9. The van der Waals surface area contributed by atoms with E-state index in [1.165, 1.54) is 0 Å². The smallest absolute Gasteiger partial charge is 0.151 e. The molecular formula is C17H18BrNO2. The molecule has 1 heterocycles. The van der Waals surface area contributed by atoms with E-state index in [1.807, 2.05) is 42.5 Å². The number of hydrogen-bond acceptors (Lipinski definition) is 3. The van der Waals surface area contributed by atoms with Crippen LogP contribution < -0.4 is 10.1 Å². The van der Waals surface area contributed by atoms with Gasteiger partial charge in [0, 0.05) is 13.1 Å². The van der Waals surface area contributed by atoms with E-state index >= 15 is 0 Å². The van der Waals surface area contributed by atoms with E-state index in [2.05, 4.69) is 33.4 Å². The summed E-state index contributed by atoms with van der Waals surface area (Å²) in [6, 6.07) is 18.1. The molecule has 110 valence electrons. The molecule has 0 unspecified atom stereocenters. The fraction of sp³-hybridized carbons (Fsp3) is 0.294. The molecule has 1 aliphatic heterocycles. The highest BCUT2D eigenvalue weighted by Gasteiger charge is 2.28. The molecule has 0 amide bonds. The Kier molecular flexibility index (Phi) is 4.91. The summed E-state index contributed by atoms with van der Waals surface area (Å²) in [7, 11) is 0. The lowest BCUT2D eigenvalue weighted by molar-refractivity contribution is -0.0434. The van der Waals surface area contributed by atoms with Gasteiger partial charge in [0.25, 0.3) is 0 Å². The molecule has 1 N–H and O–H groups in total. The van der Waals surface area contributed by atoms with Crippen molar-refractivity contribution in [3.8, 4) is 5.75 Å². The number of nitrogens with one attached hydrogen (secondary N) is 1. The molecule has 0 aliphatic carbocycles. The summed E-state index contributed by atoms with van der Waals surface area (Å²) in [4.78, 5) is 0. The number of halogens is 1. The average Bonchev–Trinajstić information content (AvgIpc) is 2.56. The fourth-order valence-electron chi connectivity index (χ4n) is 2.46. The minimum absolute atomic E-state index is 0.00764. The van der Waals surface area contributed by atoms with Crippen molar-refractivity contribution >= 4 is 15.9 Å². The fourth-order valence-corrected chi connectivity index (χ4v) is 2.84. The minimum atomic E-state index is -0.127. The predicted molar refractivity (Wildman–Crippen MR) is 86.6 cm³/mol. The molecule has 1 saturated heterocycles. The van der Waals surface area contributed by atoms with Gasteiger partial charge in [-0.15, -0.1) is 0 Å². The first-order valence-corrected chi connectivity index (χ1v) is 7.92. The van der Waals surface area contributed by atoms with Crippen molar-refractivity contribution in [2.75, 3.05) is 19.7 Å². The first kappa shape index (κ1) is 14.6. The standard InChI is InChI=1S/C17H18BrNO2/c18-14-8-4-5-9-15(14)21-17(13-6-2-1-3-7-13)16-12-19-10-11-20-16/h1-9,16-17,19H,10-12H2/t16-,17-/m1/s1/i18-3. The van der Waals surface area contributed by atoms with Gasteiger partial charge in [0.15, 0.2) is 6.10 Å². The van der Waals surface area contributed by atoms with Crippen molar-refractivity contribution in [3.63, 3.8) is 0 Å². The first-order valence-electron chi connectivity index (χ1n) is 7.13. The maximum atomic E-state index is 6.26. The molecule has 1 fully saturated rings. The highest BCUT2D eigenvalue weighted by Crippen LogP contribution is 2.31. The van der Waals surface area contributed by atoms with E-state index in [9.17, 15) is 0 Å². The van der Waals surface area contributed by atoms with Crippen LogP contribution in [0.3, 0.4) is 0 Å². The molecular weight excluding hydrogens is 327 g/mol. The Morgan fingerprint density at radius 1 is 1.10 bits per heavy atom. The van der Waals surface area contributed by atoms with Crippen LogP contribution in [0.1, 0.15) is 11.7 Å². The van der Waals surface area contributed by atoms with Crippen LogP contribution in [0.5, 0.6) is 5.75 Å². The molecule has 0 bridgehead atoms. The highest BCUT2D eigenvalue weighted by molar-refractivity contribution is 9.10. The second kappa shape index (κ2) is 7.07. The van der Waals surface area contributed by atoms with Gasteiger partial charge in [0.05, 0.1) is 11.1 Å². The lowest BCUT2D eigenvalue weighted by Crippen LogP contribution is -2.43. The van der Waals surface area contributed by atoms with E-state index in [-0.39, 0.29) is 12.2 Å². The third-order valence-corrected chi connectivity index (χ3v) is 4.17. The van der Waals surface area contributed by atoms with Crippen LogP contribution >= 0.6 is 15.9 Å². The number of ether oxygens (including phenoxy) is 2. The average molecular weight is 345 g/mol. The van der Waals surface area contributed by atoms with Crippen LogP contribution in [0.15, 0.2) is 59.1 Å². The second-order valence-corrected chi connectivity index (χ2v) is 5.85. The molecule has 1 aliphatic rings. The molecule has 2 aromatic rings. The third-order valence-electron chi connectivity index (χ3n) is 3.51. The van der Waals surface area contributed by atoms with Gasteiger partial charge in [0.2, 0.25) is 0 Å². The zero-order chi connectivity index (χ0) is 14.5. The van der Waals surface area contributed by atoms with Gasteiger partial charge < -0.3 is 14.8 Å². The van der Waals surface area contributed by atoms with Gasteiger partial charge in [-0.25, -0.2) is 0 Å². The number of rotatable bonds is 4. The molecule has 21 heavy (non-hydrogen) atoms. The Balaban J connectivity index is 1.87. The number of para-hydroxylation sites is 1. The maximum Gasteiger partial charge on any atom is 0.151 e. The van der Waals surface area contributed by atoms with Crippen molar-refractivity contribution in [3.05, 3.63) is 64.6 Å². The van der Waals surface area contributed by atoms with Crippen LogP contribution in [-0.2, 0) is 4.74 Å². The Hall–Kier alpha value is -1.36. The summed E-state index contributed by atoms with van der Waals surface area (Å²) in [6.45, 7) is 2.41. The summed E-state index contributed by atoms with van der Waals surface area (Å²) in [5.41, 5.74) is 1.13. The predicted octanol–water partition coefficient (Wildman–Crippen LogP) is 3.56. The topological polar surface area (TPSA) is 30.5 Å². The number of morpholine rings is 1. The second-order valence-electron chi connectivity index (χ2n) is 4.99. The maximum absolute atomic E-state index is 6.26. The Labute approximate surface area is 133 Å². The Morgan fingerprint density at radius 3 is 2.57 bits per heavy atom. The van der Waals surface area contributed by atoms with Gasteiger partial charge in [0.1, 0.15) is 11.9 Å². The zero-order valence-electron chi connectivity index (χ0n) is 11.7. The van der Waals surface area contributed by atoms with Crippen molar-refractivity contribution in [1.29, 1.82) is 0 Å². The summed E-state index contributed by atoms with van der Waals surface area (Å²) >= 11 is 3.54. The molecule has 0 radical (unpaired) electrons. The van der Waals surface area contributed by atoms with Gasteiger partial charge in [-0.1, -0.05) is 42.5 Å². The zero-order valence-corrected chi connectivity index (χ0v) is 13.3. The normalized spacial score (nSPS) is 20.0. The van der Waals surface area contributed by atoms with Crippen molar-refractivity contribution < 1.29 is 9.47 Å². The molecule has 4 heteroatoms. The molecule has 0 spiro atoms. The van der Waals surface area contributed by atoms with E-state index in [4.69, 9.17) is 9.47 Å². The largest absolute Gasteiger partial charge is 0.482 e. The van der Waals surface area contributed by atoms with Crippen LogP contribution in [0.4, 0.5) is 0 Å². The van der Waals surface area contributed by atoms with Crippen molar-refractivity contribution in [2.24, 2.45) is 0 Å². The summed E-state index contributed by atoms with van der Waals surface area (Å²) in [5.74, 6) is 0.834. The van der Waals surface area contributed by atoms with Crippen LogP contribution in [0.2, 0.25) is 0 Å². The summed E-state index contributed by atoms with van der Waals surface area (Å²) in [5, 5.41) is 3.37. The van der Waals surface area contributed by atoms with Gasteiger partial charge >= 0.3 is 0 Å². The summed E-state index contributed by atoms with van der Waals surface area (Å²) < 4.78 is 13.1. The van der Waals surface area contributed by atoms with E-state index < -0.39 is 0 Å². The summed E-state index contributed by atoms with van der Waals surface area (Å²) in [6.07, 6.45) is -0.119. The van der Waals surface area contributed by atoms with Crippen LogP contribution in [0, 0.1) is 0 Å². The van der Waals surface area contributed by atoms with Crippen LogP contribution in [-0.4, -0.2) is 25.8 Å². The van der Waals surface area contributed by atoms with Gasteiger partial charge in [-0.05, 0) is 33.6 Å². The Morgan fingerprint density at radius 2 is 1.86 bits per heavy atom. The first-order chi connectivity index (χ1) is 10.3. The molecule has 2 atom stereocenters. The lowest BCUT2D eigenvalue weighted by Gasteiger charge is -2.31. The van der Waals surface area contributed by atoms with E-state index in [0.717, 1.165) is 28.9 Å². The van der Waals surface area contributed by atoms with Gasteiger partial charge in [-0.2, -0.15) is 0 Å². The Bertz CT molecular complexity index is 570. The van der Waals surface area contributed by atoms with E-state index in [0.29, 0.717) is 6.61 Å².